The predicted molar refractivity (Wildman–Crippen MR) is 89.5 cm³/mol. The molecule has 7 heteroatoms. The predicted octanol–water partition coefficient (Wildman–Crippen LogP) is 2.76. The Labute approximate surface area is 135 Å². The van der Waals surface area contributed by atoms with Gasteiger partial charge in [0.2, 0.25) is 0 Å². The molecular weight excluding hydrogens is 352 g/mol. The minimum absolute atomic E-state index is 0.218. The topological polar surface area (TPSA) is 83.8 Å². The van der Waals surface area contributed by atoms with Crippen molar-refractivity contribution in [3.8, 4) is 0 Å². The number of aromatic amines is 1. The molecule has 0 saturated heterocycles. The molecule has 2 rings (SSSR count). The summed E-state index contributed by atoms with van der Waals surface area (Å²) in [5.74, 6) is 0.218. The lowest BCUT2D eigenvalue weighted by molar-refractivity contribution is 0.588. The lowest BCUT2D eigenvalue weighted by Crippen LogP contribution is -2.21. The van der Waals surface area contributed by atoms with Gasteiger partial charge in [-0.25, -0.2) is 4.98 Å². The van der Waals surface area contributed by atoms with Crippen LogP contribution < -0.4 is 16.6 Å². The third kappa shape index (κ3) is 4.87. The van der Waals surface area contributed by atoms with Gasteiger partial charge in [0.15, 0.2) is 5.16 Å². The SMILES string of the molecule is CC(C)NCc1ccc(Sc2nc(N)cc(=O)[nH]2)c(Br)c1. The highest BCUT2D eigenvalue weighted by atomic mass is 79.9. The third-order valence-corrected chi connectivity index (χ3v) is 4.54. The van der Waals surface area contributed by atoms with Crippen LogP contribution in [0.5, 0.6) is 0 Å². The molecule has 0 fully saturated rings. The van der Waals surface area contributed by atoms with Crippen molar-refractivity contribution in [1.82, 2.24) is 15.3 Å². The molecule has 2 aromatic rings. The Kier molecular flexibility index (Phi) is 5.44. The van der Waals surface area contributed by atoms with E-state index in [1.807, 2.05) is 12.1 Å². The van der Waals surface area contributed by atoms with E-state index >= 15 is 0 Å². The summed E-state index contributed by atoms with van der Waals surface area (Å²) in [5.41, 5.74) is 6.52. The lowest BCUT2D eigenvalue weighted by atomic mass is 10.2. The maximum atomic E-state index is 11.4. The molecule has 0 radical (unpaired) electrons. The minimum Gasteiger partial charge on any atom is -0.383 e. The molecule has 0 aliphatic heterocycles. The molecular formula is C14H17BrN4OS. The summed E-state index contributed by atoms with van der Waals surface area (Å²) in [7, 11) is 0. The lowest BCUT2D eigenvalue weighted by Gasteiger charge is -2.10. The molecule has 1 aromatic carbocycles. The van der Waals surface area contributed by atoms with E-state index in [0.29, 0.717) is 11.2 Å². The first-order valence-electron chi connectivity index (χ1n) is 6.50. The fourth-order valence-corrected chi connectivity index (χ4v) is 3.14. The van der Waals surface area contributed by atoms with Crippen LogP contribution in [0.15, 0.2) is 43.6 Å². The van der Waals surface area contributed by atoms with Gasteiger partial charge in [0, 0.05) is 28.0 Å². The summed E-state index contributed by atoms with van der Waals surface area (Å²) in [6, 6.07) is 7.81. The van der Waals surface area contributed by atoms with E-state index in [-0.39, 0.29) is 11.4 Å². The number of benzene rings is 1. The average Bonchev–Trinajstić information content (AvgIpc) is 2.38. The van der Waals surface area contributed by atoms with E-state index in [2.05, 4.69) is 51.1 Å². The normalized spacial score (nSPS) is 11.0. The van der Waals surface area contributed by atoms with Crippen LogP contribution in [-0.2, 0) is 6.54 Å². The fraction of sp³-hybridized carbons (Fsp3) is 0.286. The van der Waals surface area contributed by atoms with E-state index in [1.54, 1.807) is 0 Å². The van der Waals surface area contributed by atoms with Gasteiger partial charge in [-0.2, -0.15) is 0 Å². The highest BCUT2D eigenvalue weighted by Gasteiger charge is 2.07. The summed E-state index contributed by atoms with van der Waals surface area (Å²) >= 11 is 4.91. The number of hydrogen-bond donors (Lipinski definition) is 3. The number of nitrogens with two attached hydrogens (primary N) is 1. The van der Waals surface area contributed by atoms with Crippen LogP contribution in [0.3, 0.4) is 0 Å². The van der Waals surface area contributed by atoms with Crippen molar-refractivity contribution in [1.29, 1.82) is 0 Å². The zero-order chi connectivity index (χ0) is 15.4. The maximum absolute atomic E-state index is 11.4. The van der Waals surface area contributed by atoms with Gasteiger partial charge in [0.25, 0.3) is 5.56 Å². The highest BCUT2D eigenvalue weighted by molar-refractivity contribution is 9.10. The Morgan fingerprint density at radius 2 is 2.19 bits per heavy atom. The van der Waals surface area contributed by atoms with Crippen LogP contribution in [0.4, 0.5) is 5.82 Å². The van der Waals surface area contributed by atoms with Crippen molar-refractivity contribution in [2.75, 3.05) is 5.73 Å². The first-order valence-corrected chi connectivity index (χ1v) is 8.11. The zero-order valence-corrected chi connectivity index (χ0v) is 14.2. The highest BCUT2D eigenvalue weighted by Crippen LogP contribution is 2.32. The number of nitrogen functional groups attached to an aromatic ring is 1. The van der Waals surface area contributed by atoms with Crippen LogP contribution in [0.1, 0.15) is 19.4 Å². The molecule has 4 N–H and O–H groups in total. The van der Waals surface area contributed by atoms with Gasteiger partial charge in [-0.15, -0.1) is 0 Å². The monoisotopic (exact) mass is 368 g/mol. The van der Waals surface area contributed by atoms with Crippen molar-refractivity contribution >= 4 is 33.5 Å². The Morgan fingerprint density at radius 1 is 1.43 bits per heavy atom. The summed E-state index contributed by atoms with van der Waals surface area (Å²) in [4.78, 5) is 19.1. The standard InChI is InChI=1S/C14H17BrN4OS/c1-8(2)17-7-9-3-4-11(10(15)5-9)21-14-18-12(16)6-13(20)19-14/h3-6,8,17H,7H2,1-2H3,(H3,16,18,19,20). The number of rotatable bonds is 5. The Hall–Kier alpha value is -1.31. The second-order valence-electron chi connectivity index (χ2n) is 4.88. The van der Waals surface area contributed by atoms with Gasteiger partial charge >= 0.3 is 0 Å². The molecule has 0 saturated carbocycles. The Balaban J connectivity index is 2.15. The molecule has 0 atom stereocenters. The average molecular weight is 369 g/mol. The molecule has 0 spiro atoms. The molecule has 0 aliphatic rings. The Morgan fingerprint density at radius 3 is 2.81 bits per heavy atom. The van der Waals surface area contributed by atoms with Gasteiger partial charge in [-0.05, 0) is 33.6 Å². The Bertz CT molecular complexity index is 687. The molecule has 1 aromatic heterocycles. The van der Waals surface area contributed by atoms with Gasteiger partial charge in [-0.3, -0.25) is 4.79 Å². The third-order valence-electron chi connectivity index (χ3n) is 2.66. The largest absolute Gasteiger partial charge is 0.383 e. The van der Waals surface area contributed by atoms with Crippen LogP contribution in [0.25, 0.3) is 0 Å². The quantitative estimate of drug-likeness (QED) is 0.706. The second-order valence-corrected chi connectivity index (χ2v) is 6.76. The van der Waals surface area contributed by atoms with Crippen molar-refractivity contribution in [3.63, 3.8) is 0 Å². The molecule has 0 unspecified atom stereocenters. The van der Waals surface area contributed by atoms with Crippen LogP contribution in [0.2, 0.25) is 0 Å². The van der Waals surface area contributed by atoms with Gasteiger partial charge < -0.3 is 16.0 Å². The number of halogens is 1. The number of hydrogen-bond acceptors (Lipinski definition) is 5. The van der Waals surface area contributed by atoms with Crippen LogP contribution in [0, 0.1) is 0 Å². The smallest absolute Gasteiger partial charge is 0.253 e. The van der Waals surface area contributed by atoms with E-state index < -0.39 is 0 Å². The zero-order valence-electron chi connectivity index (χ0n) is 11.8. The first kappa shape index (κ1) is 16.1. The van der Waals surface area contributed by atoms with Gasteiger partial charge in [-0.1, -0.05) is 31.7 Å². The number of aromatic nitrogens is 2. The minimum atomic E-state index is -0.251. The summed E-state index contributed by atoms with van der Waals surface area (Å²) in [5, 5.41) is 3.85. The van der Waals surface area contributed by atoms with Crippen LogP contribution in [-0.4, -0.2) is 16.0 Å². The van der Waals surface area contributed by atoms with Crippen molar-refractivity contribution < 1.29 is 0 Å². The molecule has 21 heavy (non-hydrogen) atoms. The number of H-pyrrole nitrogens is 1. The molecule has 5 nitrogen and oxygen atoms in total. The molecule has 0 bridgehead atoms. The summed E-state index contributed by atoms with van der Waals surface area (Å²) < 4.78 is 0.959. The number of nitrogens with one attached hydrogen (secondary N) is 2. The van der Waals surface area contributed by atoms with Gasteiger partial charge in [0.1, 0.15) is 5.82 Å². The molecule has 1 heterocycles. The number of anilines is 1. The van der Waals surface area contributed by atoms with Gasteiger partial charge in [0.05, 0.1) is 0 Å². The van der Waals surface area contributed by atoms with E-state index in [9.17, 15) is 4.79 Å². The van der Waals surface area contributed by atoms with E-state index in [4.69, 9.17) is 5.73 Å². The second kappa shape index (κ2) is 7.11. The van der Waals surface area contributed by atoms with E-state index in [0.717, 1.165) is 15.9 Å². The van der Waals surface area contributed by atoms with Crippen molar-refractivity contribution in [3.05, 3.63) is 44.7 Å². The number of nitrogens with zero attached hydrogens (tertiary/aromatic N) is 1. The van der Waals surface area contributed by atoms with Crippen LogP contribution >= 0.6 is 27.7 Å². The van der Waals surface area contributed by atoms with Crippen molar-refractivity contribution in [2.24, 2.45) is 0 Å². The maximum Gasteiger partial charge on any atom is 0.253 e. The fourth-order valence-electron chi connectivity index (χ4n) is 1.66. The van der Waals surface area contributed by atoms with Crippen molar-refractivity contribution in [2.45, 2.75) is 36.5 Å². The first-order chi connectivity index (χ1) is 9.94. The molecule has 112 valence electrons. The molecule has 0 aliphatic carbocycles. The summed E-state index contributed by atoms with van der Waals surface area (Å²) in [6.07, 6.45) is 0. The molecule has 0 amide bonds. The van der Waals surface area contributed by atoms with E-state index in [1.165, 1.54) is 23.4 Å². The summed E-state index contributed by atoms with van der Waals surface area (Å²) in [6.45, 7) is 5.04.